The van der Waals surface area contributed by atoms with E-state index in [9.17, 15) is 8.42 Å². The van der Waals surface area contributed by atoms with Crippen molar-refractivity contribution in [3.8, 4) is 0 Å². The summed E-state index contributed by atoms with van der Waals surface area (Å²) in [6.45, 7) is 0. The predicted octanol–water partition coefficient (Wildman–Crippen LogP) is 2.65. The van der Waals surface area contributed by atoms with Crippen molar-refractivity contribution < 1.29 is 8.42 Å². The number of rotatable bonds is 0. The Morgan fingerprint density at radius 3 is 2.47 bits per heavy atom. The molecule has 0 spiro atoms. The number of allylic oxidation sites excluding steroid dienone is 1. The molecule has 1 heterocycles. The molecule has 0 radical (unpaired) electrons. The second kappa shape index (κ2) is 3.88. The van der Waals surface area contributed by atoms with Gasteiger partial charge in [-0.2, -0.15) is 0 Å². The van der Waals surface area contributed by atoms with Gasteiger partial charge in [-0.15, -0.1) is 0 Å². The van der Waals surface area contributed by atoms with Crippen LogP contribution in [0.3, 0.4) is 0 Å². The highest BCUT2D eigenvalue weighted by Gasteiger charge is 2.31. The van der Waals surface area contributed by atoms with Gasteiger partial charge < -0.3 is 0 Å². The molecule has 3 nitrogen and oxygen atoms in total. The second-order valence-electron chi connectivity index (χ2n) is 4.64. The highest BCUT2D eigenvalue weighted by molar-refractivity contribution is 7.90. The van der Waals surface area contributed by atoms with Crippen LogP contribution in [-0.2, 0) is 10.0 Å². The van der Waals surface area contributed by atoms with Crippen molar-refractivity contribution >= 4 is 15.7 Å². The third-order valence-corrected chi connectivity index (χ3v) is 4.90. The Morgan fingerprint density at radius 1 is 1.00 bits per heavy atom. The monoisotopic (exact) mass is 249 g/mol. The van der Waals surface area contributed by atoms with Crippen LogP contribution in [0.5, 0.6) is 0 Å². The number of benzene rings is 1. The van der Waals surface area contributed by atoms with Gasteiger partial charge in [0.15, 0.2) is 0 Å². The molecule has 1 saturated carbocycles. The van der Waals surface area contributed by atoms with E-state index in [1.165, 1.54) is 24.8 Å². The lowest BCUT2D eigenvalue weighted by Crippen LogP contribution is -2.15. The van der Waals surface area contributed by atoms with Crippen molar-refractivity contribution in [2.75, 3.05) is 0 Å². The summed E-state index contributed by atoms with van der Waals surface area (Å²) in [6, 6.07) is 7.23. The summed E-state index contributed by atoms with van der Waals surface area (Å²) in [6.07, 6.45) is 5.63. The van der Waals surface area contributed by atoms with Crippen molar-refractivity contribution in [3.63, 3.8) is 0 Å². The largest absolute Gasteiger partial charge is 0.279 e. The zero-order chi connectivity index (χ0) is 11.9. The van der Waals surface area contributed by atoms with E-state index < -0.39 is 10.0 Å². The molecule has 0 aromatic heterocycles. The van der Waals surface area contributed by atoms with Crippen LogP contribution in [-0.4, -0.2) is 8.42 Å². The van der Waals surface area contributed by atoms with Crippen LogP contribution < -0.4 is 4.72 Å². The van der Waals surface area contributed by atoms with Crippen molar-refractivity contribution in [1.82, 2.24) is 4.72 Å². The van der Waals surface area contributed by atoms with Gasteiger partial charge in [0, 0.05) is 5.56 Å². The molecule has 1 aliphatic heterocycles. The van der Waals surface area contributed by atoms with E-state index in [4.69, 9.17) is 0 Å². The van der Waals surface area contributed by atoms with Gasteiger partial charge in [0.1, 0.15) is 0 Å². The fourth-order valence-corrected chi connectivity index (χ4v) is 3.99. The molecular formula is C13H15NO2S. The molecule has 1 fully saturated rings. The first-order valence-electron chi connectivity index (χ1n) is 6.03. The Kier molecular flexibility index (Phi) is 2.47. The first kappa shape index (κ1) is 10.8. The molecular weight excluding hydrogens is 234 g/mol. The molecule has 1 N–H and O–H groups in total. The lowest BCUT2D eigenvalue weighted by Gasteiger charge is -2.16. The summed E-state index contributed by atoms with van der Waals surface area (Å²) in [4.78, 5) is 0.424. The summed E-state index contributed by atoms with van der Waals surface area (Å²) in [5, 5.41) is 0. The average molecular weight is 249 g/mol. The van der Waals surface area contributed by atoms with Gasteiger partial charge in [-0.3, -0.25) is 4.72 Å². The van der Waals surface area contributed by atoms with E-state index in [0.29, 0.717) is 4.90 Å². The maximum absolute atomic E-state index is 12.0. The lowest BCUT2D eigenvalue weighted by molar-refractivity contribution is 0.590. The molecule has 90 valence electrons. The maximum Gasteiger partial charge on any atom is 0.262 e. The Hall–Kier alpha value is -1.29. The molecule has 17 heavy (non-hydrogen) atoms. The first-order valence-corrected chi connectivity index (χ1v) is 7.51. The van der Waals surface area contributed by atoms with Crippen LogP contribution in [0.2, 0.25) is 0 Å². The molecule has 0 bridgehead atoms. The van der Waals surface area contributed by atoms with Gasteiger partial charge in [0.2, 0.25) is 0 Å². The topological polar surface area (TPSA) is 46.2 Å². The lowest BCUT2D eigenvalue weighted by atomic mass is 9.91. The van der Waals surface area contributed by atoms with Gasteiger partial charge in [-0.05, 0) is 37.3 Å². The molecule has 4 heteroatoms. The average Bonchev–Trinajstić information content (AvgIpc) is 2.64. The van der Waals surface area contributed by atoms with E-state index in [-0.39, 0.29) is 0 Å². The van der Waals surface area contributed by atoms with Crippen molar-refractivity contribution in [3.05, 3.63) is 35.4 Å². The number of nitrogens with one attached hydrogen (secondary N) is 1. The molecule has 1 aliphatic carbocycles. The molecule has 0 unspecified atom stereocenters. The molecule has 2 aliphatic rings. The van der Waals surface area contributed by atoms with E-state index in [2.05, 4.69) is 4.72 Å². The van der Waals surface area contributed by atoms with Crippen LogP contribution in [0.1, 0.15) is 37.7 Å². The van der Waals surface area contributed by atoms with Crippen molar-refractivity contribution in [2.45, 2.75) is 37.0 Å². The minimum atomic E-state index is -3.31. The van der Waals surface area contributed by atoms with Crippen molar-refractivity contribution in [1.29, 1.82) is 0 Å². The summed E-state index contributed by atoms with van der Waals surface area (Å²) < 4.78 is 26.6. The fourth-order valence-electron chi connectivity index (χ4n) is 2.64. The second-order valence-corrected chi connectivity index (χ2v) is 6.29. The number of fused-ring (bicyclic) bond motifs is 1. The van der Waals surface area contributed by atoms with Gasteiger partial charge in [0.05, 0.1) is 10.6 Å². The molecule has 1 aromatic rings. The standard InChI is InChI=1S/C13H15NO2S/c15-17(16)12-9-5-4-8-11(12)13(14-17)10-6-2-1-3-7-10/h4-5,8-9,14H,1-3,6-7H2. The Balaban J connectivity index is 2.17. The molecule has 0 atom stereocenters. The van der Waals surface area contributed by atoms with Gasteiger partial charge in [0.25, 0.3) is 10.0 Å². The van der Waals surface area contributed by atoms with Crippen LogP contribution in [0.15, 0.2) is 34.7 Å². The van der Waals surface area contributed by atoms with Crippen LogP contribution >= 0.6 is 0 Å². The summed E-state index contributed by atoms with van der Waals surface area (Å²) in [7, 11) is -3.31. The fraction of sp³-hybridized carbons (Fsp3) is 0.385. The zero-order valence-electron chi connectivity index (χ0n) is 9.57. The quantitative estimate of drug-likeness (QED) is 0.768. The third kappa shape index (κ3) is 1.76. The molecule has 3 rings (SSSR count). The maximum atomic E-state index is 12.0. The summed E-state index contributed by atoms with van der Waals surface area (Å²) in [5.41, 5.74) is 2.97. The number of sulfonamides is 1. The van der Waals surface area contributed by atoms with Crippen molar-refractivity contribution in [2.24, 2.45) is 0 Å². The SMILES string of the molecule is O=S1(=O)NC(=C2CCCCC2)c2ccccc21. The smallest absolute Gasteiger partial charge is 0.262 e. The minimum absolute atomic E-state index is 0.424. The Morgan fingerprint density at radius 2 is 1.71 bits per heavy atom. The van der Waals surface area contributed by atoms with E-state index >= 15 is 0 Å². The summed E-state index contributed by atoms with van der Waals surface area (Å²) >= 11 is 0. The zero-order valence-corrected chi connectivity index (χ0v) is 10.4. The molecule has 1 aromatic carbocycles. The van der Waals surface area contributed by atoms with E-state index in [1.807, 2.05) is 12.1 Å². The summed E-state index contributed by atoms with van der Waals surface area (Å²) in [5.74, 6) is 0. The number of hydrogen-bond donors (Lipinski definition) is 1. The van der Waals surface area contributed by atoms with Gasteiger partial charge in [-0.25, -0.2) is 8.42 Å². The van der Waals surface area contributed by atoms with Crippen LogP contribution in [0.4, 0.5) is 0 Å². The molecule has 0 amide bonds. The van der Waals surface area contributed by atoms with Gasteiger partial charge >= 0.3 is 0 Å². The molecule has 0 saturated heterocycles. The predicted molar refractivity (Wildman–Crippen MR) is 66.8 cm³/mol. The third-order valence-electron chi connectivity index (χ3n) is 3.49. The Labute approximate surface area is 102 Å². The van der Waals surface area contributed by atoms with Crippen LogP contribution in [0.25, 0.3) is 5.70 Å². The van der Waals surface area contributed by atoms with E-state index in [1.54, 1.807) is 12.1 Å². The minimum Gasteiger partial charge on any atom is -0.279 e. The van der Waals surface area contributed by atoms with Gasteiger partial charge in [-0.1, -0.05) is 24.6 Å². The first-order chi connectivity index (χ1) is 8.18. The van der Waals surface area contributed by atoms with Crippen LogP contribution in [0, 0.1) is 0 Å². The normalized spacial score (nSPS) is 22.1. The van der Waals surface area contributed by atoms with E-state index in [0.717, 1.165) is 24.1 Å². The Bertz CT molecular complexity index is 579. The highest BCUT2D eigenvalue weighted by Crippen LogP contribution is 2.36. The highest BCUT2D eigenvalue weighted by atomic mass is 32.2. The number of hydrogen-bond acceptors (Lipinski definition) is 2.